The van der Waals surface area contributed by atoms with Gasteiger partial charge in [0.25, 0.3) is 0 Å². The molecule has 2 N–H and O–H groups in total. The molecule has 0 radical (unpaired) electrons. The summed E-state index contributed by atoms with van der Waals surface area (Å²) < 4.78 is 6.06. The van der Waals surface area contributed by atoms with Crippen LogP contribution in [0.25, 0.3) is 11.3 Å². The van der Waals surface area contributed by atoms with Gasteiger partial charge in [-0.3, -0.25) is 0 Å². The molecule has 1 atom stereocenters. The van der Waals surface area contributed by atoms with Crippen LogP contribution in [0.5, 0.6) is 0 Å². The standard InChI is InChI=1S/C20H22N2O2/c1-3-18-19(16-9-5-4-6-10-16)24-20(22-18)14(2)21-17-11-7-8-15(12-17)13-23/h4-12,14,21,23H,3,13H2,1-2H3/t14-/m1/s1. The van der Waals surface area contributed by atoms with Crippen LogP contribution in [-0.2, 0) is 13.0 Å². The van der Waals surface area contributed by atoms with Gasteiger partial charge in [0.1, 0.15) is 6.04 Å². The van der Waals surface area contributed by atoms with E-state index in [0.29, 0.717) is 5.89 Å². The normalized spacial score (nSPS) is 12.1. The first-order valence-corrected chi connectivity index (χ1v) is 8.22. The van der Waals surface area contributed by atoms with Gasteiger partial charge in [0.15, 0.2) is 5.76 Å². The predicted molar refractivity (Wildman–Crippen MR) is 95.7 cm³/mol. The van der Waals surface area contributed by atoms with E-state index in [-0.39, 0.29) is 12.6 Å². The number of oxazole rings is 1. The highest BCUT2D eigenvalue weighted by molar-refractivity contribution is 5.60. The van der Waals surface area contributed by atoms with Crippen molar-refractivity contribution < 1.29 is 9.52 Å². The second-order valence-electron chi connectivity index (χ2n) is 5.77. The van der Waals surface area contributed by atoms with Gasteiger partial charge in [-0.2, -0.15) is 0 Å². The van der Waals surface area contributed by atoms with Crippen LogP contribution in [-0.4, -0.2) is 10.1 Å². The number of benzene rings is 2. The number of aliphatic hydroxyl groups is 1. The fraction of sp³-hybridized carbons (Fsp3) is 0.250. The second-order valence-corrected chi connectivity index (χ2v) is 5.77. The lowest BCUT2D eigenvalue weighted by molar-refractivity contribution is 0.282. The van der Waals surface area contributed by atoms with Gasteiger partial charge in [-0.15, -0.1) is 0 Å². The molecule has 0 aliphatic heterocycles. The van der Waals surface area contributed by atoms with Crippen LogP contribution < -0.4 is 5.32 Å². The van der Waals surface area contributed by atoms with Crippen LogP contribution in [0.3, 0.4) is 0 Å². The van der Waals surface area contributed by atoms with E-state index in [0.717, 1.165) is 34.7 Å². The van der Waals surface area contributed by atoms with E-state index < -0.39 is 0 Å². The summed E-state index contributed by atoms with van der Waals surface area (Å²) in [6, 6.07) is 17.7. The van der Waals surface area contributed by atoms with E-state index in [2.05, 4.69) is 17.2 Å². The highest BCUT2D eigenvalue weighted by atomic mass is 16.4. The SMILES string of the molecule is CCc1nc([C@@H](C)Nc2cccc(CO)c2)oc1-c1ccccc1. The summed E-state index contributed by atoms with van der Waals surface area (Å²) in [4.78, 5) is 4.67. The molecule has 4 nitrogen and oxygen atoms in total. The molecule has 0 aliphatic carbocycles. The maximum absolute atomic E-state index is 9.25. The molecule has 24 heavy (non-hydrogen) atoms. The van der Waals surface area contributed by atoms with E-state index in [4.69, 9.17) is 4.42 Å². The molecule has 1 heterocycles. The average Bonchev–Trinajstić information content (AvgIpc) is 3.07. The maximum atomic E-state index is 9.25. The lowest BCUT2D eigenvalue weighted by atomic mass is 10.1. The quantitative estimate of drug-likeness (QED) is 0.698. The van der Waals surface area contributed by atoms with Crippen LogP contribution in [0.1, 0.15) is 37.0 Å². The highest BCUT2D eigenvalue weighted by Gasteiger charge is 2.18. The zero-order valence-electron chi connectivity index (χ0n) is 14.0. The molecule has 3 aromatic rings. The average molecular weight is 322 g/mol. The molecule has 0 saturated carbocycles. The highest BCUT2D eigenvalue weighted by Crippen LogP contribution is 2.29. The van der Waals surface area contributed by atoms with Crippen molar-refractivity contribution in [3.8, 4) is 11.3 Å². The van der Waals surface area contributed by atoms with Gasteiger partial charge < -0.3 is 14.8 Å². The third kappa shape index (κ3) is 3.49. The van der Waals surface area contributed by atoms with E-state index in [9.17, 15) is 5.11 Å². The van der Waals surface area contributed by atoms with Gasteiger partial charge in [-0.05, 0) is 31.0 Å². The van der Waals surface area contributed by atoms with E-state index in [1.54, 1.807) is 0 Å². The summed E-state index contributed by atoms with van der Waals surface area (Å²) >= 11 is 0. The van der Waals surface area contributed by atoms with Crippen molar-refractivity contribution in [2.75, 3.05) is 5.32 Å². The lowest BCUT2D eigenvalue weighted by Crippen LogP contribution is -2.07. The van der Waals surface area contributed by atoms with Gasteiger partial charge >= 0.3 is 0 Å². The molecule has 0 aliphatic rings. The summed E-state index contributed by atoms with van der Waals surface area (Å²) in [5, 5.41) is 12.6. The molecule has 2 aromatic carbocycles. The number of anilines is 1. The van der Waals surface area contributed by atoms with E-state index in [1.165, 1.54) is 0 Å². The number of aliphatic hydroxyl groups excluding tert-OH is 1. The summed E-state index contributed by atoms with van der Waals surface area (Å²) in [6.07, 6.45) is 0.820. The third-order valence-corrected chi connectivity index (χ3v) is 3.95. The van der Waals surface area contributed by atoms with Crippen molar-refractivity contribution in [2.45, 2.75) is 32.9 Å². The minimum Gasteiger partial charge on any atom is -0.438 e. The van der Waals surface area contributed by atoms with Crippen molar-refractivity contribution in [1.29, 1.82) is 0 Å². The van der Waals surface area contributed by atoms with Gasteiger partial charge in [-0.25, -0.2) is 4.98 Å². The molecular weight excluding hydrogens is 300 g/mol. The Bertz CT molecular complexity index is 796. The van der Waals surface area contributed by atoms with Crippen molar-refractivity contribution in [1.82, 2.24) is 4.98 Å². The van der Waals surface area contributed by atoms with Gasteiger partial charge in [0, 0.05) is 11.3 Å². The molecule has 0 saturated heterocycles. The van der Waals surface area contributed by atoms with Crippen molar-refractivity contribution in [3.05, 3.63) is 71.7 Å². The molecule has 0 amide bonds. The number of rotatable bonds is 6. The summed E-state index contributed by atoms with van der Waals surface area (Å²) in [6.45, 7) is 4.13. The molecule has 0 unspecified atom stereocenters. The molecule has 124 valence electrons. The minimum atomic E-state index is -0.0679. The fourth-order valence-corrected chi connectivity index (χ4v) is 2.68. The van der Waals surface area contributed by atoms with Crippen LogP contribution in [0.15, 0.2) is 59.0 Å². The monoisotopic (exact) mass is 322 g/mol. The van der Waals surface area contributed by atoms with E-state index >= 15 is 0 Å². The molecule has 0 spiro atoms. The molecule has 1 aromatic heterocycles. The van der Waals surface area contributed by atoms with Crippen molar-refractivity contribution in [2.24, 2.45) is 0 Å². The smallest absolute Gasteiger partial charge is 0.217 e. The zero-order chi connectivity index (χ0) is 16.9. The Labute approximate surface area is 142 Å². The van der Waals surface area contributed by atoms with Gasteiger partial charge in [0.05, 0.1) is 12.3 Å². The Morgan fingerprint density at radius 3 is 2.62 bits per heavy atom. The Hall–Kier alpha value is -2.59. The van der Waals surface area contributed by atoms with Crippen molar-refractivity contribution >= 4 is 5.69 Å². The first kappa shape index (κ1) is 16.3. The second kappa shape index (κ2) is 7.32. The maximum Gasteiger partial charge on any atom is 0.217 e. The molecule has 3 rings (SSSR count). The Kier molecular flexibility index (Phi) is 4.96. The fourth-order valence-electron chi connectivity index (χ4n) is 2.68. The third-order valence-electron chi connectivity index (χ3n) is 3.95. The van der Waals surface area contributed by atoms with Crippen molar-refractivity contribution in [3.63, 3.8) is 0 Å². The molecular formula is C20H22N2O2. The Morgan fingerprint density at radius 2 is 1.92 bits per heavy atom. The van der Waals surface area contributed by atoms with Crippen LogP contribution >= 0.6 is 0 Å². The lowest BCUT2D eigenvalue weighted by Gasteiger charge is -2.12. The first-order valence-electron chi connectivity index (χ1n) is 8.22. The van der Waals surface area contributed by atoms with Gasteiger partial charge in [0.2, 0.25) is 5.89 Å². The number of hydrogen-bond donors (Lipinski definition) is 2. The van der Waals surface area contributed by atoms with Crippen LogP contribution in [0.2, 0.25) is 0 Å². The Morgan fingerprint density at radius 1 is 1.12 bits per heavy atom. The molecule has 0 fully saturated rings. The summed E-state index contributed by atoms with van der Waals surface area (Å²) in [5.74, 6) is 1.51. The number of nitrogens with one attached hydrogen (secondary N) is 1. The molecule has 0 bridgehead atoms. The Balaban J connectivity index is 1.85. The van der Waals surface area contributed by atoms with Crippen LogP contribution in [0, 0.1) is 0 Å². The number of nitrogens with zero attached hydrogens (tertiary/aromatic N) is 1. The molecule has 4 heteroatoms. The zero-order valence-corrected chi connectivity index (χ0v) is 14.0. The predicted octanol–water partition coefficient (Wildman–Crippen LogP) is 4.57. The summed E-state index contributed by atoms with van der Waals surface area (Å²) in [5.41, 5.74) is 3.82. The summed E-state index contributed by atoms with van der Waals surface area (Å²) in [7, 11) is 0. The van der Waals surface area contributed by atoms with Crippen LogP contribution in [0.4, 0.5) is 5.69 Å². The largest absolute Gasteiger partial charge is 0.438 e. The number of hydrogen-bond acceptors (Lipinski definition) is 4. The first-order chi connectivity index (χ1) is 11.7. The van der Waals surface area contributed by atoms with Gasteiger partial charge in [-0.1, -0.05) is 49.4 Å². The topological polar surface area (TPSA) is 58.3 Å². The number of aromatic nitrogens is 1. The number of aryl methyl sites for hydroxylation is 1. The minimum absolute atomic E-state index is 0.0288. The van der Waals surface area contributed by atoms with E-state index in [1.807, 2.05) is 61.5 Å².